The lowest BCUT2D eigenvalue weighted by atomic mass is 10.2. The molecule has 0 radical (unpaired) electrons. The second kappa shape index (κ2) is 7.04. The summed E-state index contributed by atoms with van der Waals surface area (Å²) < 4.78 is 13.9. The number of aryl methyl sites for hydroxylation is 1. The van der Waals surface area contributed by atoms with Crippen molar-refractivity contribution in [3.63, 3.8) is 0 Å². The van der Waals surface area contributed by atoms with E-state index >= 15 is 0 Å². The fourth-order valence-electron chi connectivity index (χ4n) is 2.65. The number of para-hydroxylation sites is 1. The predicted molar refractivity (Wildman–Crippen MR) is 93.8 cm³/mol. The maximum atomic E-state index is 13.9. The molecule has 3 nitrogen and oxygen atoms in total. The molecule has 0 bridgehead atoms. The third-order valence-electron chi connectivity index (χ3n) is 3.77. The highest BCUT2D eigenvalue weighted by molar-refractivity contribution is 7.99. The zero-order valence-electron chi connectivity index (χ0n) is 13.0. The van der Waals surface area contributed by atoms with Crippen LogP contribution >= 0.6 is 11.8 Å². The Kier molecular flexibility index (Phi) is 4.86. The molecule has 0 spiro atoms. The molecule has 1 heterocycles. The second-order valence-electron chi connectivity index (χ2n) is 5.62. The maximum Gasteiger partial charge on any atom is 0.243 e. The topological polar surface area (TPSA) is 32.3 Å². The van der Waals surface area contributed by atoms with Gasteiger partial charge in [-0.25, -0.2) is 4.39 Å². The van der Waals surface area contributed by atoms with E-state index in [4.69, 9.17) is 0 Å². The van der Waals surface area contributed by atoms with Gasteiger partial charge in [0.05, 0.1) is 17.9 Å². The smallest absolute Gasteiger partial charge is 0.243 e. The fourth-order valence-corrected chi connectivity index (χ4v) is 3.66. The molecule has 0 fully saturated rings. The molecule has 23 heavy (non-hydrogen) atoms. The number of hydrogen-bond donors (Lipinski definition) is 1. The van der Waals surface area contributed by atoms with Gasteiger partial charge in [-0.15, -0.1) is 11.8 Å². The Morgan fingerprint density at radius 1 is 1.30 bits per heavy atom. The molecule has 0 atom stereocenters. The van der Waals surface area contributed by atoms with Crippen LogP contribution in [0.3, 0.4) is 0 Å². The Morgan fingerprint density at radius 3 is 2.96 bits per heavy atom. The molecule has 1 amide bonds. The van der Waals surface area contributed by atoms with Crippen molar-refractivity contribution in [3.05, 3.63) is 53.8 Å². The van der Waals surface area contributed by atoms with Crippen LogP contribution in [0.15, 0.2) is 47.4 Å². The van der Waals surface area contributed by atoms with Gasteiger partial charge in [0, 0.05) is 11.4 Å². The Balaban J connectivity index is 1.72. The van der Waals surface area contributed by atoms with Crippen LogP contribution in [-0.2, 0) is 4.79 Å². The van der Waals surface area contributed by atoms with E-state index in [-0.39, 0.29) is 18.1 Å². The van der Waals surface area contributed by atoms with Crippen molar-refractivity contribution in [3.8, 4) is 0 Å². The van der Waals surface area contributed by atoms with Crippen molar-refractivity contribution < 1.29 is 9.18 Å². The number of nitrogens with one attached hydrogen (secondary N) is 1. The summed E-state index contributed by atoms with van der Waals surface area (Å²) in [5, 5.41) is 2.67. The largest absolute Gasteiger partial charge is 0.361 e. The lowest BCUT2D eigenvalue weighted by Crippen LogP contribution is -2.34. The zero-order chi connectivity index (χ0) is 16.2. The van der Waals surface area contributed by atoms with Gasteiger partial charge in [0.25, 0.3) is 0 Å². The molecule has 0 unspecified atom stereocenters. The molecule has 3 rings (SSSR count). The van der Waals surface area contributed by atoms with Crippen LogP contribution in [0.2, 0.25) is 0 Å². The van der Waals surface area contributed by atoms with E-state index in [1.54, 1.807) is 12.1 Å². The Labute approximate surface area is 139 Å². The Hall–Kier alpha value is -2.01. The molecule has 0 saturated carbocycles. The lowest BCUT2D eigenvalue weighted by molar-refractivity contribution is -0.115. The van der Waals surface area contributed by atoms with Crippen molar-refractivity contribution in [2.75, 3.05) is 29.1 Å². The first-order valence-electron chi connectivity index (χ1n) is 7.66. The minimum atomic E-state index is -0.398. The van der Waals surface area contributed by atoms with Crippen LogP contribution in [0.5, 0.6) is 0 Å². The zero-order valence-corrected chi connectivity index (χ0v) is 13.8. The number of benzene rings is 2. The quantitative estimate of drug-likeness (QED) is 0.920. The van der Waals surface area contributed by atoms with Crippen molar-refractivity contribution in [2.24, 2.45) is 0 Å². The molecular weight excluding hydrogens is 311 g/mol. The number of thioether (sulfide) groups is 1. The van der Waals surface area contributed by atoms with Crippen LogP contribution in [0.4, 0.5) is 15.8 Å². The van der Waals surface area contributed by atoms with Crippen LogP contribution in [0.25, 0.3) is 0 Å². The molecule has 2 aromatic rings. The number of carbonyl (C=O) groups is 1. The standard InChI is InChI=1S/C18H19FN2OS/c1-13-7-8-15(14(19)11-13)20-18(22)12-21-9-4-10-23-17-6-3-2-5-16(17)21/h2-3,5-8,11H,4,9-10,12H2,1H3,(H,20,22). The minimum absolute atomic E-state index is 0.200. The van der Waals surface area contributed by atoms with Crippen molar-refractivity contribution in [1.29, 1.82) is 0 Å². The van der Waals surface area contributed by atoms with Gasteiger partial charge in [-0.05, 0) is 48.9 Å². The molecule has 0 aromatic heterocycles. The summed E-state index contributed by atoms with van der Waals surface area (Å²) in [7, 11) is 0. The number of hydrogen-bond acceptors (Lipinski definition) is 3. The van der Waals surface area contributed by atoms with E-state index in [1.807, 2.05) is 36.9 Å². The van der Waals surface area contributed by atoms with E-state index in [0.29, 0.717) is 0 Å². The predicted octanol–water partition coefficient (Wildman–Crippen LogP) is 4.08. The van der Waals surface area contributed by atoms with Crippen LogP contribution < -0.4 is 10.2 Å². The van der Waals surface area contributed by atoms with Crippen molar-refractivity contribution >= 4 is 29.0 Å². The molecule has 1 aliphatic rings. The number of halogens is 1. The average molecular weight is 330 g/mol. The van der Waals surface area contributed by atoms with Crippen LogP contribution in [-0.4, -0.2) is 24.7 Å². The van der Waals surface area contributed by atoms with E-state index in [0.717, 1.165) is 30.0 Å². The Morgan fingerprint density at radius 2 is 2.13 bits per heavy atom. The summed E-state index contributed by atoms with van der Waals surface area (Å²) in [6.45, 7) is 2.87. The highest BCUT2D eigenvalue weighted by atomic mass is 32.2. The average Bonchev–Trinajstić information content (AvgIpc) is 2.73. The van der Waals surface area contributed by atoms with Gasteiger partial charge >= 0.3 is 0 Å². The van der Waals surface area contributed by atoms with Gasteiger partial charge in [0.15, 0.2) is 0 Å². The summed E-state index contributed by atoms with van der Waals surface area (Å²) in [4.78, 5) is 15.6. The van der Waals surface area contributed by atoms with E-state index < -0.39 is 5.82 Å². The summed E-state index contributed by atoms with van der Waals surface area (Å²) in [5.74, 6) is 0.446. The molecule has 0 saturated heterocycles. The van der Waals surface area contributed by atoms with Gasteiger partial charge in [-0.2, -0.15) is 0 Å². The normalized spacial score (nSPS) is 14.1. The third-order valence-corrected chi connectivity index (χ3v) is 4.92. The van der Waals surface area contributed by atoms with Crippen LogP contribution in [0, 0.1) is 12.7 Å². The lowest BCUT2D eigenvalue weighted by Gasteiger charge is -2.23. The number of rotatable bonds is 3. The monoisotopic (exact) mass is 330 g/mol. The highest BCUT2D eigenvalue weighted by Gasteiger charge is 2.18. The van der Waals surface area contributed by atoms with Gasteiger partial charge < -0.3 is 10.2 Å². The van der Waals surface area contributed by atoms with E-state index in [2.05, 4.69) is 16.3 Å². The number of fused-ring (bicyclic) bond motifs is 1. The highest BCUT2D eigenvalue weighted by Crippen LogP contribution is 2.33. The summed E-state index contributed by atoms with van der Waals surface area (Å²) in [6.07, 6.45) is 1.02. The van der Waals surface area contributed by atoms with Crippen molar-refractivity contribution in [1.82, 2.24) is 0 Å². The SMILES string of the molecule is Cc1ccc(NC(=O)CN2CCCSc3ccccc32)c(F)c1. The molecule has 5 heteroatoms. The van der Waals surface area contributed by atoms with Gasteiger partial charge in [0.1, 0.15) is 5.82 Å². The van der Waals surface area contributed by atoms with Crippen LogP contribution in [0.1, 0.15) is 12.0 Å². The van der Waals surface area contributed by atoms with Gasteiger partial charge in [-0.1, -0.05) is 18.2 Å². The number of amides is 1. The Bertz CT molecular complexity index is 720. The first kappa shape index (κ1) is 15.9. The number of nitrogens with zero attached hydrogens (tertiary/aromatic N) is 1. The van der Waals surface area contributed by atoms with E-state index in [1.165, 1.54) is 11.0 Å². The maximum absolute atomic E-state index is 13.9. The summed E-state index contributed by atoms with van der Waals surface area (Å²) in [5.41, 5.74) is 2.14. The first-order valence-corrected chi connectivity index (χ1v) is 8.65. The van der Waals surface area contributed by atoms with Gasteiger partial charge in [0.2, 0.25) is 5.91 Å². The molecule has 2 aromatic carbocycles. The minimum Gasteiger partial charge on any atom is -0.361 e. The van der Waals surface area contributed by atoms with Gasteiger partial charge in [-0.3, -0.25) is 4.79 Å². The van der Waals surface area contributed by atoms with Crippen molar-refractivity contribution in [2.45, 2.75) is 18.2 Å². The summed E-state index contributed by atoms with van der Waals surface area (Å²) >= 11 is 1.82. The number of carbonyl (C=O) groups excluding carboxylic acids is 1. The number of anilines is 2. The fraction of sp³-hybridized carbons (Fsp3) is 0.278. The molecular formula is C18H19FN2OS. The summed E-state index contributed by atoms with van der Waals surface area (Å²) in [6, 6.07) is 12.9. The first-order chi connectivity index (χ1) is 11.1. The van der Waals surface area contributed by atoms with E-state index in [9.17, 15) is 9.18 Å². The second-order valence-corrected chi connectivity index (χ2v) is 6.76. The molecule has 1 aliphatic heterocycles. The molecule has 0 aliphatic carbocycles. The molecule has 1 N–H and O–H groups in total. The molecule has 120 valence electrons. The third kappa shape index (κ3) is 3.85.